The van der Waals surface area contributed by atoms with E-state index < -0.39 is 0 Å². The molecule has 0 saturated heterocycles. The molecule has 0 aliphatic carbocycles. The maximum Gasteiger partial charge on any atom is 0.258 e. The standard InChI is InChI=1S/C8H14N2OS/c1-4-10(6(2)3)8-9-7(11)5-12-8/h6H,4-5H2,1-3H3. The largest absolute Gasteiger partial charge is 0.349 e. The van der Waals surface area contributed by atoms with Crippen LogP contribution < -0.4 is 0 Å². The fraction of sp³-hybridized carbons (Fsp3) is 0.750. The summed E-state index contributed by atoms with van der Waals surface area (Å²) < 4.78 is 0. The number of amides is 1. The van der Waals surface area contributed by atoms with Gasteiger partial charge in [-0.25, -0.2) is 0 Å². The molecule has 4 heteroatoms. The predicted octanol–water partition coefficient (Wildman–Crippen LogP) is 1.35. The van der Waals surface area contributed by atoms with Crippen molar-refractivity contribution in [2.24, 2.45) is 4.99 Å². The average molecular weight is 186 g/mol. The van der Waals surface area contributed by atoms with Gasteiger partial charge in [0.25, 0.3) is 5.91 Å². The second-order valence-corrected chi connectivity index (χ2v) is 3.90. The Morgan fingerprint density at radius 2 is 2.33 bits per heavy atom. The zero-order chi connectivity index (χ0) is 9.14. The van der Waals surface area contributed by atoms with Gasteiger partial charge in [-0.3, -0.25) is 4.79 Å². The lowest BCUT2D eigenvalue weighted by molar-refractivity contribution is -0.115. The van der Waals surface area contributed by atoms with Gasteiger partial charge >= 0.3 is 0 Å². The molecule has 1 aliphatic heterocycles. The zero-order valence-corrected chi connectivity index (χ0v) is 8.52. The smallest absolute Gasteiger partial charge is 0.258 e. The van der Waals surface area contributed by atoms with Crippen molar-refractivity contribution >= 4 is 22.8 Å². The summed E-state index contributed by atoms with van der Waals surface area (Å²) in [4.78, 5) is 16.9. The molecule has 0 saturated carbocycles. The molecule has 0 aromatic carbocycles. The molecule has 0 radical (unpaired) electrons. The van der Waals surface area contributed by atoms with Crippen molar-refractivity contribution < 1.29 is 4.79 Å². The highest BCUT2D eigenvalue weighted by molar-refractivity contribution is 8.14. The van der Waals surface area contributed by atoms with Crippen LogP contribution in [-0.2, 0) is 4.79 Å². The maximum absolute atomic E-state index is 10.9. The van der Waals surface area contributed by atoms with E-state index in [-0.39, 0.29) is 5.91 Å². The van der Waals surface area contributed by atoms with Gasteiger partial charge in [0.15, 0.2) is 5.17 Å². The molecule has 3 nitrogen and oxygen atoms in total. The summed E-state index contributed by atoms with van der Waals surface area (Å²) in [7, 11) is 0. The van der Waals surface area contributed by atoms with Crippen LogP contribution in [0.2, 0.25) is 0 Å². The van der Waals surface area contributed by atoms with E-state index in [0.29, 0.717) is 11.8 Å². The number of thioether (sulfide) groups is 1. The number of rotatable bonds is 2. The van der Waals surface area contributed by atoms with Crippen molar-refractivity contribution in [2.75, 3.05) is 12.3 Å². The number of nitrogens with zero attached hydrogens (tertiary/aromatic N) is 2. The van der Waals surface area contributed by atoms with Crippen molar-refractivity contribution in [2.45, 2.75) is 26.8 Å². The molecule has 0 aromatic heterocycles. The summed E-state index contributed by atoms with van der Waals surface area (Å²) in [6.45, 7) is 7.20. The first-order valence-electron chi connectivity index (χ1n) is 4.16. The van der Waals surface area contributed by atoms with Crippen molar-refractivity contribution in [1.29, 1.82) is 0 Å². The highest BCUT2D eigenvalue weighted by atomic mass is 32.2. The van der Waals surface area contributed by atoms with E-state index in [0.717, 1.165) is 11.7 Å². The predicted molar refractivity (Wildman–Crippen MR) is 52.4 cm³/mol. The van der Waals surface area contributed by atoms with Crippen molar-refractivity contribution in [3.8, 4) is 0 Å². The quantitative estimate of drug-likeness (QED) is 0.652. The Morgan fingerprint density at radius 3 is 2.67 bits per heavy atom. The molecule has 1 amide bonds. The second-order valence-electron chi connectivity index (χ2n) is 2.96. The number of amidine groups is 1. The Morgan fingerprint density at radius 1 is 1.67 bits per heavy atom. The van der Waals surface area contributed by atoms with E-state index in [1.807, 2.05) is 0 Å². The summed E-state index contributed by atoms with van der Waals surface area (Å²) in [5.41, 5.74) is 0. The Kier molecular flexibility index (Phi) is 3.14. The summed E-state index contributed by atoms with van der Waals surface area (Å²) in [5.74, 6) is 0.507. The molecule has 0 unspecified atom stereocenters. The SMILES string of the molecule is CCN(C1=NC(=O)CS1)C(C)C. The van der Waals surface area contributed by atoms with E-state index in [1.165, 1.54) is 11.8 Å². The monoisotopic (exact) mass is 186 g/mol. The van der Waals surface area contributed by atoms with Crippen LogP contribution in [0.5, 0.6) is 0 Å². The van der Waals surface area contributed by atoms with Gasteiger partial charge in [-0.15, -0.1) is 0 Å². The van der Waals surface area contributed by atoms with E-state index in [4.69, 9.17) is 0 Å². The Balaban J connectivity index is 2.67. The Hall–Kier alpha value is -0.510. The van der Waals surface area contributed by atoms with Crippen LogP contribution in [0.15, 0.2) is 4.99 Å². The third-order valence-electron chi connectivity index (χ3n) is 1.75. The fourth-order valence-electron chi connectivity index (χ4n) is 1.17. The van der Waals surface area contributed by atoms with Gasteiger partial charge in [-0.05, 0) is 20.8 Å². The lowest BCUT2D eigenvalue weighted by atomic mass is 10.3. The molecule has 0 N–H and O–H groups in total. The minimum Gasteiger partial charge on any atom is -0.349 e. The molecular weight excluding hydrogens is 172 g/mol. The summed E-state index contributed by atoms with van der Waals surface area (Å²) >= 11 is 1.54. The summed E-state index contributed by atoms with van der Waals surface area (Å²) in [5, 5.41) is 0.887. The molecule has 0 fully saturated rings. The first-order valence-corrected chi connectivity index (χ1v) is 5.14. The van der Waals surface area contributed by atoms with Gasteiger partial charge in [0.05, 0.1) is 5.75 Å². The Bertz CT molecular complexity index is 213. The lowest BCUT2D eigenvalue weighted by Crippen LogP contribution is -2.34. The zero-order valence-electron chi connectivity index (χ0n) is 7.70. The molecule has 12 heavy (non-hydrogen) atoms. The number of hydrogen-bond acceptors (Lipinski definition) is 3. The average Bonchev–Trinajstić information content (AvgIpc) is 2.37. The van der Waals surface area contributed by atoms with E-state index in [1.54, 1.807) is 0 Å². The van der Waals surface area contributed by atoms with Gasteiger partial charge in [0, 0.05) is 12.6 Å². The van der Waals surface area contributed by atoms with E-state index in [2.05, 4.69) is 30.7 Å². The molecule has 0 spiro atoms. The molecule has 1 aliphatic rings. The van der Waals surface area contributed by atoms with Crippen LogP contribution in [0, 0.1) is 0 Å². The van der Waals surface area contributed by atoms with Crippen molar-refractivity contribution in [3.05, 3.63) is 0 Å². The molecule has 0 bridgehead atoms. The number of hydrogen-bond donors (Lipinski definition) is 0. The third-order valence-corrected chi connectivity index (χ3v) is 2.73. The summed E-state index contributed by atoms with van der Waals surface area (Å²) in [6.07, 6.45) is 0. The molecule has 1 heterocycles. The topological polar surface area (TPSA) is 32.7 Å². The molecule has 68 valence electrons. The van der Waals surface area contributed by atoms with Gasteiger partial charge in [0.1, 0.15) is 0 Å². The van der Waals surface area contributed by atoms with Crippen LogP contribution in [0.4, 0.5) is 0 Å². The molecule has 1 rings (SSSR count). The van der Waals surface area contributed by atoms with E-state index in [9.17, 15) is 4.79 Å². The van der Waals surface area contributed by atoms with Crippen LogP contribution in [-0.4, -0.2) is 34.3 Å². The van der Waals surface area contributed by atoms with Crippen molar-refractivity contribution in [1.82, 2.24) is 4.90 Å². The van der Waals surface area contributed by atoms with Crippen LogP contribution in [0.3, 0.4) is 0 Å². The van der Waals surface area contributed by atoms with Gasteiger partial charge in [-0.1, -0.05) is 11.8 Å². The van der Waals surface area contributed by atoms with Gasteiger partial charge in [-0.2, -0.15) is 4.99 Å². The molecule has 0 atom stereocenters. The third kappa shape index (κ3) is 2.00. The van der Waals surface area contributed by atoms with E-state index >= 15 is 0 Å². The fourth-order valence-corrected chi connectivity index (χ4v) is 2.16. The summed E-state index contributed by atoms with van der Waals surface area (Å²) in [6, 6.07) is 0.423. The van der Waals surface area contributed by atoms with Crippen LogP contribution >= 0.6 is 11.8 Å². The van der Waals surface area contributed by atoms with Gasteiger partial charge < -0.3 is 4.90 Å². The Labute approximate surface area is 77.2 Å². The second kappa shape index (κ2) is 3.94. The first-order chi connectivity index (χ1) is 5.65. The number of carbonyl (C=O) groups excluding carboxylic acids is 1. The van der Waals surface area contributed by atoms with Crippen LogP contribution in [0.1, 0.15) is 20.8 Å². The molecular formula is C8H14N2OS. The highest BCUT2D eigenvalue weighted by Crippen LogP contribution is 2.18. The molecule has 0 aromatic rings. The first kappa shape index (κ1) is 9.58. The maximum atomic E-state index is 10.9. The highest BCUT2D eigenvalue weighted by Gasteiger charge is 2.21. The lowest BCUT2D eigenvalue weighted by Gasteiger charge is -2.25. The van der Waals surface area contributed by atoms with Crippen molar-refractivity contribution in [3.63, 3.8) is 0 Å². The van der Waals surface area contributed by atoms with Crippen LogP contribution in [0.25, 0.3) is 0 Å². The van der Waals surface area contributed by atoms with Gasteiger partial charge in [0.2, 0.25) is 0 Å². The normalized spacial score (nSPS) is 17.0. The number of carbonyl (C=O) groups is 1. The minimum atomic E-state index is -0.00546. The minimum absolute atomic E-state index is 0.00546. The number of aliphatic imine (C=N–C) groups is 1.